The zero-order valence-electron chi connectivity index (χ0n) is 16.1. The van der Waals surface area contributed by atoms with Crippen molar-refractivity contribution < 1.29 is 39.4 Å². The molecule has 9 nitrogen and oxygen atoms in total. The number of fused-ring (bicyclic) bond motifs is 1. The molecule has 0 saturated carbocycles. The van der Waals surface area contributed by atoms with E-state index in [4.69, 9.17) is 19.0 Å². The Bertz CT molecular complexity index is 1090. The molecule has 30 heavy (non-hydrogen) atoms. The van der Waals surface area contributed by atoms with Crippen molar-refractivity contribution in [1.82, 2.24) is 0 Å². The lowest BCUT2D eigenvalue weighted by Crippen LogP contribution is -2.28. The number of hydrogen-bond donors (Lipinski definition) is 5. The first kappa shape index (κ1) is 21.4. The molecule has 0 saturated heterocycles. The van der Waals surface area contributed by atoms with Crippen molar-refractivity contribution in [2.75, 3.05) is 13.2 Å². The lowest BCUT2D eigenvalue weighted by Gasteiger charge is -2.21. The molecule has 0 bridgehead atoms. The predicted molar refractivity (Wildman–Crippen MR) is 107 cm³/mol. The summed E-state index contributed by atoms with van der Waals surface area (Å²) in [6.45, 7) is 1.20. The Morgan fingerprint density at radius 2 is 1.80 bits per heavy atom. The van der Waals surface area contributed by atoms with E-state index >= 15 is 0 Å². The van der Waals surface area contributed by atoms with E-state index in [2.05, 4.69) is 0 Å². The predicted octanol–water partition coefficient (Wildman–Crippen LogP) is 2.06. The molecule has 2 atom stereocenters. The molecular formula is C21H22O9. The van der Waals surface area contributed by atoms with Crippen LogP contribution in [0.15, 0.2) is 45.6 Å². The van der Waals surface area contributed by atoms with Gasteiger partial charge >= 0.3 is 0 Å². The van der Waals surface area contributed by atoms with Gasteiger partial charge in [-0.2, -0.15) is 0 Å². The van der Waals surface area contributed by atoms with E-state index in [0.717, 1.165) is 6.07 Å². The van der Waals surface area contributed by atoms with E-state index in [9.17, 15) is 25.2 Å². The first-order valence-corrected chi connectivity index (χ1v) is 9.20. The van der Waals surface area contributed by atoms with Gasteiger partial charge in [0.15, 0.2) is 23.5 Å². The molecule has 0 aliphatic heterocycles. The van der Waals surface area contributed by atoms with Crippen LogP contribution in [0.5, 0.6) is 23.0 Å². The van der Waals surface area contributed by atoms with Gasteiger partial charge in [0.1, 0.15) is 11.3 Å². The summed E-state index contributed by atoms with van der Waals surface area (Å²) >= 11 is 0. The number of phenolic OH excluding ortho intramolecular Hbond substituents is 2. The normalized spacial score (nSPS) is 13.3. The van der Waals surface area contributed by atoms with Crippen LogP contribution in [0.3, 0.4) is 0 Å². The number of aromatic hydroxyl groups is 3. The fourth-order valence-corrected chi connectivity index (χ4v) is 2.93. The van der Waals surface area contributed by atoms with E-state index in [1.807, 2.05) is 0 Å². The summed E-state index contributed by atoms with van der Waals surface area (Å²) in [5, 5.41) is 47.7. The topological polar surface area (TPSA) is 150 Å². The molecule has 0 amide bonds. The maximum absolute atomic E-state index is 12.5. The standard InChI is InChI=1S/C21H22O9/c1-11(29-14(10-23)6-7-22)28-13-3-4-15-18(9-13)30-21(20(27)19(15)26)12-2-5-16(24)17(25)8-12/h2-5,8-9,11,14,22-25,27H,6-7,10H2,1H3. The zero-order chi connectivity index (χ0) is 21.8. The van der Waals surface area contributed by atoms with Crippen LogP contribution in [0.1, 0.15) is 13.3 Å². The molecule has 3 rings (SSSR count). The van der Waals surface area contributed by atoms with Gasteiger partial charge in [0.2, 0.25) is 11.2 Å². The molecule has 9 heteroatoms. The van der Waals surface area contributed by atoms with E-state index in [1.165, 1.54) is 30.3 Å². The van der Waals surface area contributed by atoms with E-state index in [0.29, 0.717) is 5.75 Å². The van der Waals surface area contributed by atoms with Crippen molar-refractivity contribution >= 4 is 11.0 Å². The number of rotatable bonds is 8. The second-order valence-electron chi connectivity index (χ2n) is 6.61. The average Bonchev–Trinajstić information content (AvgIpc) is 2.72. The number of hydrogen-bond acceptors (Lipinski definition) is 9. The molecule has 160 valence electrons. The molecule has 5 N–H and O–H groups in total. The molecular weight excluding hydrogens is 396 g/mol. The maximum atomic E-state index is 12.5. The minimum atomic E-state index is -0.761. The van der Waals surface area contributed by atoms with Gasteiger partial charge in [-0.05, 0) is 43.7 Å². The highest BCUT2D eigenvalue weighted by Crippen LogP contribution is 2.35. The molecule has 1 aromatic heterocycles. The van der Waals surface area contributed by atoms with Crippen LogP contribution >= 0.6 is 0 Å². The van der Waals surface area contributed by atoms with Crippen molar-refractivity contribution in [3.63, 3.8) is 0 Å². The summed E-state index contributed by atoms with van der Waals surface area (Å²) in [6, 6.07) is 8.12. The van der Waals surface area contributed by atoms with Crippen LogP contribution in [0, 0.1) is 0 Å². The maximum Gasteiger partial charge on any atom is 0.235 e. The molecule has 2 aromatic carbocycles. The highest BCUT2D eigenvalue weighted by Gasteiger charge is 2.18. The van der Waals surface area contributed by atoms with E-state index < -0.39 is 29.3 Å². The highest BCUT2D eigenvalue weighted by atomic mass is 16.7. The van der Waals surface area contributed by atoms with Crippen molar-refractivity contribution in [2.45, 2.75) is 25.7 Å². The van der Waals surface area contributed by atoms with E-state index in [-0.39, 0.29) is 47.7 Å². The number of phenols is 2. The van der Waals surface area contributed by atoms with Gasteiger partial charge in [0.25, 0.3) is 0 Å². The second-order valence-corrected chi connectivity index (χ2v) is 6.61. The number of benzene rings is 2. The lowest BCUT2D eigenvalue weighted by atomic mass is 10.1. The fourth-order valence-electron chi connectivity index (χ4n) is 2.93. The van der Waals surface area contributed by atoms with Gasteiger partial charge in [-0.1, -0.05) is 0 Å². The Morgan fingerprint density at radius 1 is 1.03 bits per heavy atom. The van der Waals surface area contributed by atoms with Crippen molar-refractivity contribution in [2.24, 2.45) is 0 Å². The lowest BCUT2D eigenvalue weighted by molar-refractivity contribution is -0.125. The Balaban J connectivity index is 1.94. The zero-order valence-corrected chi connectivity index (χ0v) is 16.1. The van der Waals surface area contributed by atoms with Crippen LogP contribution in [-0.4, -0.2) is 51.1 Å². The number of aliphatic hydroxyl groups is 2. The van der Waals surface area contributed by atoms with Gasteiger partial charge in [-0.25, -0.2) is 0 Å². The van der Waals surface area contributed by atoms with Gasteiger partial charge in [0.05, 0.1) is 18.1 Å². The summed E-state index contributed by atoms with van der Waals surface area (Å²) in [5.41, 5.74) is -0.350. The van der Waals surface area contributed by atoms with Crippen LogP contribution < -0.4 is 10.2 Å². The molecule has 1 heterocycles. The number of ether oxygens (including phenoxy) is 2. The number of aliphatic hydroxyl groups excluding tert-OH is 2. The summed E-state index contributed by atoms with van der Waals surface area (Å²) in [4.78, 5) is 12.5. The average molecular weight is 418 g/mol. The molecule has 0 aliphatic carbocycles. The quantitative estimate of drug-likeness (QED) is 0.274. The van der Waals surface area contributed by atoms with Crippen molar-refractivity contribution in [3.05, 3.63) is 46.6 Å². The SMILES string of the molecule is CC(Oc1ccc2c(=O)c(O)c(-c3ccc(O)c(O)c3)oc2c1)OC(CO)CCO. The summed E-state index contributed by atoms with van der Waals surface area (Å²) in [5.74, 6) is -1.28. The molecule has 3 aromatic rings. The summed E-state index contributed by atoms with van der Waals surface area (Å²) in [7, 11) is 0. The summed E-state index contributed by atoms with van der Waals surface area (Å²) in [6.07, 6.45) is -1.10. The van der Waals surface area contributed by atoms with Crippen molar-refractivity contribution in [1.29, 1.82) is 0 Å². The third-order valence-electron chi connectivity index (χ3n) is 4.42. The molecule has 0 spiro atoms. The third-order valence-corrected chi connectivity index (χ3v) is 4.42. The molecule has 0 aliphatic rings. The minimum Gasteiger partial charge on any atom is -0.504 e. The highest BCUT2D eigenvalue weighted by molar-refractivity contribution is 5.83. The Kier molecular flexibility index (Phi) is 6.46. The van der Waals surface area contributed by atoms with Gasteiger partial charge in [0, 0.05) is 18.2 Å². The monoisotopic (exact) mass is 418 g/mol. The smallest absolute Gasteiger partial charge is 0.235 e. The molecule has 0 radical (unpaired) electrons. The van der Waals surface area contributed by atoms with Gasteiger partial charge < -0.3 is 39.4 Å². The van der Waals surface area contributed by atoms with Crippen LogP contribution in [0.2, 0.25) is 0 Å². The first-order chi connectivity index (χ1) is 14.3. The first-order valence-electron chi connectivity index (χ1n) is 9.20. The minimum absolute atomic E-state index is 0.119. The largest absolute Gasteiger partial charge is 0.504 e. The fraction of sp³-hybridized carbons (Fsp3) is 0.286. The van der Waals surface area contributed by atoms with E-state index in [1.54, 1.807) is 6.92 Å². The van der Waals surface area contributed by atoms with Crippen LogP contribution in [-0.2, 0) is 4.74 Å². The molecule has 0 fully saturated rings. The van der Waals surface area contributed by atoms with Crippen LogP contribution in [0.25, 0.3) is 22.3 Å². The van der Waals surface area contributed by atoms with Gasteiger partial charge in [-0.3, -0.25) is 4.79 Å². The summed E-state index contributed by atoms with van der Waals surface area (Å²) < 4.78 is 16.8. The Hall–Kier alpha value is -3.27. The molecule has 2 unspecified atom stereocenters. The second kappa shape index (κ2) is 9.04. The third kappa shape index (κ3) is 4.48. The van der Waals surface area contributed by atoms with Gasteiger partial charge in [-0.15, -0.1) is 0 Å². The Labute approximate surface area is 171 Å². The van der Waals surface area contributed by atoms with Crippen LogP contribution in [0.4, 0.5) is 0 Å². The Morgan fingerprint density at radius 3 is 2.47 bits per heavy atom. The van der Waals surface area contributed by atoms with Crippen molar-refractivity contribution in [3.8, 4) is 34.3 Å².